The van der Waals surface area contributed by atoms with Crippen LogP contribution in [0.15, 0.2) is 18.2 Å². The fourth-order valence-corrected chi connectivity index (χ4v) is 3.37. The fourth-order valence-electron chi connectivity index (χ4n) is 3.37. The van der Waals surface area contributed by atoms with Gasteiger partial charge in [0.1, 0.15) is 0 Å². The maximum absolute atomic E-state index is 12.7. The van der Waals surface area contributed by atoms with Gasteiger partial charge in [-0.1, -0.05) is 31.7 Å². The van der Waals surface area contributed by atoms with Crippen LogP contribution in [0, 0.1) is 5.92 Å². The molecule has 1 aliphatic carbocycles. The molecule has 1 aromatic rings. The molecule has 0 bridgehead atoms. The monoisotopic (exact) mass is 258 g/mol. The van der Waals surface area contributed by atoms with E-state index in [0.717, 1.165) is 37.2 Å². The normalized spacial score (nSPS) is 20.1. The van der Waals surface area contributed by atoms with Gasteiger partial charge in [0.25, 0.3) is 0 Å². The van der Waals surface area contributed by atoms with E-state index in [9.17, 15) is 4.79 Å². The smallest absolute Gasteiger partial charge is 0.230 e. The third kappa shape index (κ3) is 2.46. The highest BCUT2D eigenvalue weighted by atomic mass is 16.2. The number of nitrogen functional groups attached to an aromatic ring is 1. The van der Waals surface area contributed by atoms with E-state index in [0.29, 0.717) is 5.91 Å². The van der Waals surface area contributed by atoms with Gasteiger partial charge in [-0.2, -0.15) is 0 Å². The molecule has 1 saturated carbocycles. The predicted octanol–water partition coefficient (Wildman–Crippen LogP) is 3.13. The molecule has 3 heteroatoms. The summed E-state index contributed by atoms with van der Waals surface area (Å²) in [6.45, 7) is 0.828. The SMILES string of the molecule is Nc1ccc2c(c1)N(C(=O)C1CCCCCC1)CC2. The molecule has 1 fully saturated rings. The van der Waals surface area contributed by atoms with Gasteiger partial charge in [0.05, 0.1) is 0 Å². The van der Waals surface area contributed by atoms with Crippen LogP contribution in [-0.4, -0.2) is 12.5 Å². The zero-order valence-corrected chi connectivity index (χ0v) is 11.4. The number of nitrogens with zero attached hydrogens (tertiary/aromatic N) is 1. The zero-order valence-electron chi connectivity index (χ0n) is 11.4. The van der Waals surface area contributed by atoms with Gasteiger partial charge in [0.2, 0.25) is 5.91 Å². The summed E-state index contributed by atoms with van der Waals surface area (Å²) in [4.78, 5) is 14.7. The molecule has 0 unspecified atom stereocenters. The van der Waals surface area contributed by atoms with Crippen molar-refractivity contribution in [3.8, 4) is 0 Å². The summed E-state index contributed by atoms with van der Waals surface area (Å²) in [7, 11) is 0. The first-order chi connectivity index (χ1) is 9.25. The van der Waals surface area contributed by atoms with Gasteiger partial charge in [-0.15, -0.1) is 0 Å². The second-order valence-electron chi connectivity index (χ2n) is 5.82. The molecule has 102 valence electrons. The summed E-state index contributed by atoms with van der Waals surface area (Å²) in [5, 5.41) is 0. The topological polar surface area (TPSA) is 46.3 Å². The Hall–Kier alpha value is -1.51. The average Bonchev–Trinajstić information content (AvgIpc) is 2.64. The van der Waals surface area contributed by atoms with Crippen molar-refractivity contribution in [1.82, 2.24) is 0 Å². The minimum atomic E-state index is 0.231. The Bertz CT molecular complexity index is 476. The molecule has 3 rings (SSSR count). The molecular weight excluding hydrogens is 236 g/mol. The van der Waals surface area contributed by atoms with Crippen molar-refractivity contribution in [2.24, 2.45) is 5.92 Å². The highest BCUT2D eigenvalue weighted by Crippen LogP contribution is 2.33. The quantitative estimate of drug-likeness (QED) is 0.621. The molecule has 0 saturated heterocycles. The molecule has 1 amide bonds. The number of carbonyl (C=O) groups excluding carboxylic acids is 1. The second kappa shape index (κ2) is 5.24. The van der Waals surface area contributed by atoms with Crippen LogP contribution in [0.2, 0.25) is 0 Å². The Kier molecular flexibility index (Phi) is 3.45. The van der Waals surface area contributed by atoms with Crippen LogP contribution in [0.3, 0.4) is 0 Å². The number of carbonyl (C=O) groups is 1. The molecule has 1 aromatic carbocycles. The maximum atomic E-state index is 12.7. The van der Waals surface area contributed by atoms with Crippen LogP contribution >= 0.6 is 0 Å². The van der Waals surface area contributed by atoms with Gasteiger partial charge in [-0.05, 0) is 37.0 Å². The van der Waals surface area contributed by atoms with E-state index in [1.807, 2.05) is 17.0 Å². The Morgan fingerprint density at radius 1 is 1.16 bits per heavy atom. The first kappa shape index (κ1) is 12.5. The van der Waals surface area contributed by atoms with E-state index in [4.69, 9.17) is 5.73 Å². The van der Waals surface area contributed by atoms with E-state index >= 15 is 0 Å². The molecule has 1 aliphatic heterocycles. The predicted molar refractivity (Wildman–Crippen MR) is 78.1 cm³/mol. The number of amides is 1. The Balaban J connectivity index is 1.80. The first-order valence-electron chi connectivity index (χ1n) is 7.45. The standard InChI is InChI=1S/C16H22N2O/c17-14-8-7-12-9-10-18(15(12)11-14)16(19)13-5-3-1-2-4-6-13/h7-8,11,13H,1-6,9-10,17H2. The number of fused-ring (bicyclic) bond motifs is 1. The summed E-state index contributed by atoms with van der Waals surface area (Å²) in [6, 6.07) is 5.94. The summed E-state index contributed by atoms with van der Waals surface area (Å²) in [5.41, 5.74) is 8.92. The molecule has 0 radical (unpaired) electrons. The highest BCUT2D eigenvalue weighted by molar-refractivity contribution is 5.97. The van der Waals surface area contributed by atoms with Gasteiger partial charge in [-0.3, -0.25) is 4.79 Å². The molecule has 0 atom stereocenters. The van der Waals surface area contributed by atoms with Crippen LogP contribution < -0.4 is 10.6 Å². The molecule has 0 spiro atoms. The van der Waals surface area contributed by atoms with E-state index in [1.165, 1.54) is 31.2 Å². The van der Waals surface area contributed by atoms with Gasteiger partial charge < -0.3 is 10.6 Å². The second-order valence-corrected chi connectivity index (χ2v) is 5.82. The molecule has 2 aliphatic rings. The third-order valence-corrected chi connectivity index (χ3v) is 4.48. The minimum Gasteiger partial charge on any atom is -0.399 e. The van der Waals surface area contributed by atoms with E-state index in [1.54, 1.807) is 0 Å². The Labute approximate surface area is 114 Å². The largest absolute Gasteiger partial charge is 0.399 e. The molecule has 19 heavy (non-hydrogen) atoms. The number of anilines is 2. The molecule has 3 nitrogen and oxygen atoms in total. The average molecular weight is 258 g/mol. The lowest BCUT2D eigenvalue weighted by Gasteiger charge is -2.23. The fraction of sp³-hybridized carbons (Fsp3) is 0.562. The lowest BCUT2D eigenvalue weighted by molar-refractivity contribution is -0.122. The van der Waals surface area contributed by atoms with Crippen LogP contribution in [-0.2, 0) is 11.2 Å². The first-order valence-corrected chi connectivity index (χ1v) is 7.45. The number of rotatable bonds is 1. The van der Waals surface area contributed by atoms with Crippen LogP contribution in [0.25, 0.3) is 0 Å². The van der Waals surface area contributed by atoms with Crippen LogP contribution in [0.5, 0.6) is 0 Å². The molecular formula is C16H22N2O. The Morgan fingerprint density at radius 2 is 1.89 bits per heavy atom. The lowest BCUT2D eigenvalue weighted by Crippen LogP contribution is -2.34. The van der Waals surface area contributed by atoms with Crippen molar-refractivity contribution >= 4 is 17.3 Å². The summed E-state index contributed by atoms with van der Waals surface area (Å²) >= 11 is 0. The Morgan fingerprint density at radius 3 is 2.63 bits per heavy atom. The summed E-state index contributed by atoms with van der Waals surface area (Å²) in [6.07, 6.45) is 8.07. The highest BCUT2D eigenvalue weighted by Gasteiger charge is 2.30. The lowest BCUT2D eigenvalue weighted by atomic mass is 9.98. The summed E-state index contributed by atoms with van der Waals surface area (Å²) < 4.78 is 0. The van der Waals surface area contributed by atoms with Gasteiger partial charge in [0, 0.05) is 23.8 Å². The van der Waals surface area contributed by atoms with E-state index in [2.05, 4.69) is 6.07 Å². The van der Waals surface area contributed by atoms with Crippen molar-refractivity contribution in [2.75, 3.05) is 17.2 Å². The molecule has 1 heterocycles. The number of benzene rings is 1. The van der Waals surface area contributed by atoms with Gasteiger partial charge >= 0.3 is 0 Å². The molecule has 2 N–H and O–H groups in total. The van der Waals surface area contributed by atoms with E-state index in [-0.39, 0.29) is 5.92 Å². The van der Waals surface area contributed by atoms with Crippen molar-refractivity contribution in [3.63, 3.8) is 0 Å². The third-order valence-electron chi connectivity index (χ3n) is 4.48. The van der Waals surface area contributed by atoms with Crippen molar-refractivity contribution in [3.05, 3.63) is 23.8 Å². The number of hydrogen-bond acceptors (Lipinski definition) is 2. The van der Waals surface area contributed by atoms with E-state index < -0.39 is 0 Å². The van der Waals surface area contributed by atoms with Crippen molar-refractivity contribution < 1.29 is 4.79 Å². The van der Waals surface area contributed by atoms with Gasteiger partial charge in [0.15, 0.2) is 0 Å². The zero-order chi connectivity index (χ0) is 13.2. The molecule has 0 aromatic heterocycles. The van der Waals surface area contributed by atoms with Crippen molar-refractivity contribution in [1.29, 1.82) is 0 Å². The number of hydrogen-bond donors (Lipinski definition) is 1. The van der Waals surface area contributed by atoms with Crippen LogP contribution in [0.1, 0.15) is 44.1 Å². The number of nitrogens with two attached hydrogens (primary N) is 1. The summed E-state index contributed by atoms with van der Waals surface area (Å²) in [5.74, 6) is 0.557. The minimum absolute atomic E-state index is 0.231. The van der Waals surface area contributed by atoms with Gasteiger partial charge in [-0.25, -0.2) is 0 Å². The van der Waals surface area contributed by atoms with Crippen molar-refractivity contribution in [2.45, 2.75) is 44.9 Å². The maximum Gasteiger partial charge on any atom is 0.230 e. The van der Waals surface area contributed by atoms with Crippen LogP contribution in [0.4, 0.5) is 11.4 Å².